The van der Waals surface area contributed by atoms with Crippen molar-refractivity contribution < 1.29 is 4.74 Å². The third-order valence-corrected chi connectivity index (χ3v) is 5.37. The lowest BCUT2D eigenvalue weighted by Gasteiger charge is -2.38. The SMILES string of the molecule is CC(C)(C)C1CCOC(CC(S)c2c(Cl)cncc2Cl)C1. The number of nitrogens with zero attached hydrogens (tertiary/aromatic N) is 1. The molecule has 3 atom stereocenters. The molecule has 1 aromatic heterocycles. The van der Waals surface area contributed by atoms with Gasteiger partial charge in [-0.2, -0.15) is 12.6 Å². The van der Waals surface area contributed by atoms with Crippen molar-refractivity contribution in [1.82, 2.24) is 4.98 Å². The fraction of sp³-hybridized carbons (Fsp3) is 0.688. The van der Waals surface area contributed by atoms with E-state index in [1.165, 1.54) is 0 Å². The molecule has 0 saturated carbocycles. The molecule has 3 unspecified atom stereocenters. The summed E-state index contributed by atoms with van der Waals surface area (Å²) < 4.78 is 5.92. The van der Waals surface area contributed by atoms with Crippen LogP contribution >= 0.6 is 35.8 Å². The summed E-state index contributed by atoms with van der Waals surface area (Å²) in [4.78, 5) is 3.99. The standard InChI is InChI=1S/C16H23Cl2NOS/c1-16(2,3)10-4-5-20-11(6-10)7-14(21)15-12(17)8-19-9-13(15)18/h8-11,14,21H,4-7H2,1-3H3. The molecule has 2 nitrogen and oxygen atoms in total. The second-order valence-corrected chi connectivity index (χ2v) is 8.29. The van der Waals surface area contributed by atoms with E-state index < -0.39 is 0 Å². The number of rotatable bonds is 3. The van der Waals surface area contributed by atoms with Crippen LogP contribution in [0.25, 0.3) is 0 Å². The molecule has 0 N–H and O–H groups in total. The van der Waals surface area contributed by atoms with Gasteiger partial charge >= 0.3 is 0 Å². The second kappa shape index (κ2) is 7.08. The molecule has 1 aromatic rings. The van der Waals surface area contributed by atoms with E-state index in [0.717, 1.165) is 31.4 Å². The zero-order valence-corrected chi connectivity index (χ0v) is 15.2. The third kappa shape index (κ3) is 4.51. The molecule has 0 bridgehead atoms. The Morgan fingerprint density at radius 1 is 1.33 bits per heavy atom. The minimum atomic E-state index is -0.0308. The molecule has 1 aliphatic heterocycles. The summed E-state index contributed by atoms with van der Waals surface area (Å²) in [5.41, 5.74) is 1.18. The minimum Gasteiger partial charge on any atom is -0.378 e. The maximum atomic E-state index is 6.21. The maximum Gasteiger partial charge on any atom is 0.0647 e. The average molecular weight is 348 g/mol. The number of aromatic nitrogens is 1. The summed E-state index contributed by atoms with van der Waals surface area (Å²) in [6, 6.07) is 0. The Balaban J connectivity index is 2.04. The van der Waals surface area contributed by atoms with Gasteiger partial charge in [-0.3, -0.25) is 4.98 Å². The molecule has 0 aromatic carbocycles. The van der Waals surface area contributed by atoms with Crippen LogP contribution in [-0.4, -0.2) is 17.7 Å². The predicted octanol–water partition coefficient (Wildman–Crippen LogP) is 5.59. The van der Waals surface area contributed by atoms with Crippen LogP contribution in [0.15, 0.2) is 12.4 Å². The summed E-state index contributed by atoms with van der Waals surface area (Å²) in [5.74, 6) is 0.681. The number of ether oxygens (including phenoxy) is 1. The zero-order valence-electron chi connectivity index (χ0n) is 12.8. The van der Waals surface area contributed by atoms with Crippen LogP contribution in [0.4, 0.5) is 0 Å². The zero-order chi connectivity index (χ0) is 15.6. The van der Waals surface area contributed by atoms with Crippen LogP contribution in [0, 0.1) is 11.3 Å². The van der Waals surface area contributed by atoms with Gasteiger partial charge in [0, 0.05) is 29.8 Å². The second-order valence-electron chi connectivity index (χ2n) is 6.85. The van der Waals surface area contributed by atoms with E-state index in [4.69, 9.17) is 40.6 Å². The van der Waals surface area contributed by atoms with Crippen LogP contribution < -0.4 is 0 Å². The van der Waals surface area contributed by atoms with Gasteiger partial charge < -0.3 is 4.74 Å². The van der Waals surface area contributed by atoms with Gasteiger partial charge in [-0.1, -0.05) is 44.0 Å². The van der Waals surface area contributed by atoms with Crippen molar-refractivity contribution in [2.45, 2.75) is 51.4 Å². The summed E-state index contributed by atoms with van der Waals surface area (Å²) in [6.07, 6.45) is 6.47. The number of thiol groups is 1. The number of hydrogen-bond acceptors (Lipinski definition) is 3. The van der Waals surface area contributed by atoms with Gasteiger partial charge in [-0.05, 0) is 30.6 Å². The fourth-order valence-corrected chi connectivity index (χ4v) is 4.23. The monoisotopic (exact) mass is 347 g/mol. The molecule has 5 heteroatoms. The molecule has 1 saturated heterocycles. The highest BCUT2D eigenvalue weighted by atomic mass is 35.5. The smallest absolute Gasteiger partial charge is 0.0647 e. The Kier molecular flexibility index (Phi) is 5.86. The highest BCUT2D eigenvalue weighted by Gasteiger charge is 2.32. The maximum absolute atomic E-state index is 6.21. The van der Waals surface area contributed by atoms with E-state index in [9.17, 15) is 0 Å². The molecule has 2 heterocycles. The quantitative estimate of drug-likeness (QED) is 0.719. The van der Waals surface area contributed by atoms with Crippen molar-refractivity contribution in [3.63, 3.8) is 0 Å². The van der Waals surface area contributed by atoms with Crippen LogP contribution in [-0.2, 0) is 4.74 Å². The van der Waals surface area contributed by atoms with E-state index in [-0.39, 0.29) is 11.4 Å². The summed E-state index contributed by atoms with van der Waals surface area (Å²) in [7, 11) is 0. The Hall–Kier alpha value is 0.0400. The van der Waals surface area contributed by atoms with E-state index in [2.05, 4.69) is 25.8 Å². The minimum absolute atomic E-state index is 0.0308. The molecule has 2 rings (SSSR count). The molecule has 1 fully saturated rings. The number of pyridine rings is 1. The van der Waals surface area contributed by atoms with Crippen molar-refractivity contribution in [1.29, 1.82) is 0 Å². The Morgan fingerprint density at radius 3 is 2.52 bits per heavy atom. The normalized spacial score (nSPS) is 24.9. The van der Waals surface area contributed by atoms with Crippen molar-refractivity contribution in [2.75, 3.05) is 6.61 Å². The van der Waals surface area contributed by atoms with Crippen LogP contribution in [0.1, 0.15) is 50.8 Å². The van der Waals surface area contributed by atoms with Gasteiger partial charge in [0.25, 0.3) is 0 Å². The highest BCUT2D eigenvalue weighted by Crippen LogP contribution is 2.41. The van der Waals surface area contributed by atoms with E-state index >= 15 is 0 Å². The Labute approximate surface area is 143 Å². The summed E-state index contributed by atoms with van der Waals surface area (Å²) in [6.45, 7) is 7.73. The Bertz CT molecular complexity index is 469. The molecular weight excluding hydrogens is 325 g/mol. The number of halogens is 2. The first-order chi connectivity index (χ1) is 9.79. The van der Waals surface area contributed by atoms with Crippen molar-refractivity contribution >= 4 is 35.8 Å². The van der Waals surface area contributed by atoms with Gasteiger partial charge in [0.05, 0.1) is 16.1 Å². The predicted molar refractivity (Wildman–Crippen MR) is 92.5 cm³/mol. The van der Waals surface area contributed by atoms with E-state index in [1.54, 1.807) is 12.4 Å². The number of hydrogen-bond donors (Lipinski definition) is 1. The van der Waals surface area contributed by atoms with E-state index in [0.29, 0.717) is 21.4 Å². The first-order valence-corrected chi connectivity index (χ1v) is 8.65. The van der Waals surface area contributed by atoms with Gasteiger partial charge in [-0.25, -0.2) is 0 Å². The highest BCUT2D eigenvalue weighted by molar-refractivity contribution is 7.80. The van der Waals surface area contributed by atoms with Crippen LogP contribution in [0.5, 0.6) is 0 Å². The topological polar surface area (TPSA) is 22.1 Å². The van der Waals surface area contributed by atoms with Crippen molar-refractivity contribution in [2.24, 2.45) is 11.3 Å². The first kappa shape index (κ1) is 17.4. The molecule has 0 spiro atoms. The van der Waals surface area contributed by atoms with Crippen molar-refractivity contribution in [3.05, 3.63) is 28.0 Å². The first-order valence-electron chi connectivity index (χ1n) is 7.37. The molecule has 0 amide bonds. The van der Waals surface area contributed by atoms with Gasteiger partial charge in [-0.15, -0.1) is 0 Å². The largest absolute Gasteiger partial charge is 0.378 e. The lowest BCUT2D eigenvalue weighted by Crippen LogP contribution is -2.33. The lowest BCUT2D eigenvalue weighted by molar-refractivity contribution is -0.0382. The molecule has 1 aliphatic rings. The molecule has 21 heavy (non-hydrogen) atoms. The van der Waals surface area contributed by atoms with Crippen LogP contribution in [0.3, 0.4) is 0 Å². The summed E-state index contributed by atoms with van der Waals surface area (Å²) >= 11 is 17.1. The molecule has 0 radical (unpaired) electrons. The molecule has 0 aliphatic carbocycles. The average Bonchev–Trinajstić information content (AvgIpc) is 2.37. The van der Waals surface area contributed by atoms with Gasteiger partial charge in [0.2, 0.25) is 0 Å². The van der Waals surface area contributed by atoms with Gasteiger partial charge in [0.15, 0.2) is 0 Å². The van der Waals surface area contributed by atoms with Gasteiger partial charge in [0.1, 0.15) is 0 Å². The lowest BCUT2D eigenvalue weighted by atomic mass is 9.74. The summed E-state index contributed by atoms with van der Waals surface area (Å²) in [5, 5.41) is 1.12. The van der Waals surface area contributed by atoms with E-state index in [1.807, 2.05) is 0 Å². The van der Waals surface area contributed by atoms with Crippen LogP contribution in [0.2, 0.25) is 10.0 Å². The fourth-order valence-electron chi connectivity index (χ4n) is 2.94. The molecule has 118 valence electrons. The Morgan fingerprint density at radius 2 is 1.95 bits per heavy atom. The third-order valence-electron chi connectivity index (χ3n) is 4.30. The van der Waals surface area contributed by atoms with Crippen molar-refractivity contribution in [3.8, 4) is 0 Å². The molecular formula is C16H23Cl2NOS.